The van der Waals surface area contributed by atoms with Gasteiger partial charge in [0, 0.05) is 6.54 Å². The lowest BCUT2D eigenvalue weighted by Crippen LogP contribution is -2.31. The van der Waals surface area contributed by atoms with Crippen molar-refractivity contribution in [2.45, 2.75) is 26.5 Å². The molecular weight excluding hydrogens is 258 g/mol. The largest absolute Gasteiger partial charge is 0.491 e. The van der Waals surface area contributed by atoms with Gasteiger partial charge in [0.05, 0.1) is 6.54 Å². The molecular formula is C14H19N3O3. The summed E-state index contributed by atoms with van der Waals surface area (Å²) in [5.74, 6) is 1.36. The van der Waals surface area contributed by atoms with E-state index in [2.05, 4.69) is 26.0 Å². The van der Waals surface area contributed by atoms with Crippen LogP contribution >= 0.6 is 0 Å². The molecule has 2 rings (SSSR count). The molecule has 6 nitrogen and oxygen atoms in total. The van der Waals surface area contributed by atoms with Gasteiger partial charge in [0.15, 0.2) is 5.82 Å². The standard InChI is InChI=1S/C14H19N3O3/c1-10-3-4-13(11(2)5-10)19-8-12(18)6-15-7-14-16-9-20-17-14/h3-5,9,12,15,18H,6-8H2,1-2H3. The molecule has 20 heavy (non-hydrogen) atoms. The van der Waals surface area contributed by atoms with E-state index in [1.165, 1.54) is 12.0 Å². The number of aliphatic hydroxyl groups is 1. The van der Waals surface area contributed by atoms with Crippen molar-refractivity contribution in [3.05, 3.63) is 41.5 Å². The van der Waals surface area contributed by atoms with E-state index < -0.39 is 6.10 Å². The minimum absolute atomic E-state index is 0.239. The molecule has 0 fully saturated rings. The summed E-state index contributed by atoms with van der Waals surface area (Å²) in [5, 5.41) is 16.5. The first kappa shape index (κ1) is 14.5. The van der Waals surface area contributed by atoms with Crippen molar-refractivity contribution in [2.75, 3.05) is 13.2 Å². The lowest BCUT2D eigenvalue weighted by atomic mass is 10.1. The predicted molar refractivity (Wildman–Crippen MR) is 73.4 cm³/mol. The third-order valence-electron chi connectivity index (χ3n) is 2.83. The minimum atomic E-state index is -0.595. The number of aromatic nitrogens is 2. The number of hydrogen-bond donors (Lipinski definition) is 2. The van der Waals surface area contributed by atoms with Crippen molar-refractivity contribution in [2.24, 2.45) is 0 Å². The molecule has 2 aromatic rings. The second-order valence-electron chi connectivity index (χ2n) is 4.71. The fraction of sp³-hybridized carbons (Fsp3) is 0.429. The Morgan fingerprint density at radius 2 is 2.25 bits per heavy atom. The van der Waals surface area contributed by atoms with Crippen molar-refractivity contribution in [3.63, 3.8) is 0 Å². The third kappa shape index (κ3) is 4.32. The van der Waals surface area contributed by atoms with Crippen molar-refractivity contribution in [1.29, 1.82) is 0 Å². The summed E-state index contributed by atoms with van der Waals surface area (Å²) < 4.78 is 10.2. The highest BCUT2D eigenvalue weighted by Crippen LogP contribution is 2.18. The van der Waals surface area contributed by atoms with E-state index in [0.717, 1.165) is 11.3 Å². The molecule has 1 aromatic carbocycles. The van der Waals surface area contributed by atoms with Crippen LogP contribution in [0.4, 0.5) is 0 Å². The molecule has 0 saturated heterocycles. The average Bonchev–Trinajstić information content (AvgIpc) is 2.91. The number of aryl methyl sites for hydroxylation is 2. The summed E-state index contributed by atoms with van der Waals surface area (Å²) in [6.07, 6.45) is 0.680. The quantitative estimate of drug-likeness (QED) is 0.792. The first-order valence-electron chi connectivity index (χ1n) is 6.49. The highest BCUT2D eigenvalue weighted by Gasteiger charge is 2.07. The lowest BCUT2D eigenvalue weighted by molar-refractivity contribution is 0.105. The molecule has 2 N–H and O–H groups in total. The van der Waals surface area contributed by atoms with Gasteiger partial charge in [-0.25, -0.2) is 0 Å². The molecule has 1 heterocycles. The number of benzene rings is 1. The number of rotatable bonds is 7. The molecule has 1 atom stereocenters. The first-order chi connectivity index (χ1) is 9.65. The van der Waals surface area contributed by atoms with Crippen LogP contribution < -0.4 is 10.1 Å². The molecule has 108 valence electrons. The molecule has 0 radical (unpaired) electrons. The van der Waals surface area contributed by atoms with Crippen LogP contribution in [-0.2, 0) is 6.54 Å². The van der Waals surface area contributed by atoms with Gasteiger partial charge in [0.2, 0.25) is 6.39 Å². The van der Waals surface area contributed by atoms with Crippen LogP contribution in [0.1, 0.15) is 17.0 Å². The molecule has 0 aliphatic rings. The van der Waals surface area contributed by atoms with Gasteiger partial charge in [-0.3, -0.25) is 0 Å². The molecule has 1 aromatic heterocycles. The van der Waals surface area contributed by atoms with Crippen LogP contribution in [0.5, 0.6) is 5.75 Å². The Labute approximate surface area is 117 Å². The Morgan fingerprint density at radius 1 is 1.40 bits per heavy atom. The molecule has 0 saturated carbocycles. The van der Waals surface area contributed by atoms with Crippen LogP contribution in [0.2, 0.25) is 0 Å². The Morgan fingerprint density at radius 3 is 2.95 bits per heavy atom. The molecule has 0 spiro atoms. The zero-order valence-corrected chi connectivity index (χ0v) is 11.7. The number of hydrogen-bond acceptors (Lipinski definition) is 6. The summed E-state index contributed by atoms with van der Waals surface area (Å²) >= 11 is 0. The molecule has 0 aliphatic carbocycles. The van der Waals surface area contributed by atoms with Crippen LogP contribution in [0.15, 0.2) is 29.1 Å². The highest BCUT2D eigenvalue weighted by molar-refractivity contribution is 5.35. The average molecular weight is 277 g/mol. The van der Waals surface area contributed by atoms with Crippen LogP contribution in [-0.4, -0.2) is 34.5 Å². The van der Waals surface area contributed by atoms with E-state index in [1.807, 2.05) is 26.0 Å². The number of nitrogens with zero attached hydrogens (tertiary/aromatic N) is 2. The molecule has 0 bridgehead atoms. The molecule has 0 aliphatic heterocycles. The van der Waals surface area contributed by atoms with E-state index in [9.17, 15) is 5.11 Å². The van der Waals surface area contributed by atoms with Crippen LogP contribution in [0.3, 0.4) is 0 Å². The smallest absolute Gasteiger partial charge is 0.213 e. The van der Waals surface area contributed by atoms with Crippen molar-refractivity contribution >= 4 is 0 Å². The highest BCUT2D eigenvalue weighted by atomic mass is 16.5. The van der Waals surface area contributed by atoms with Gasteiger partial charge in [0.1, 0.15) is 18.5 Å². The zero-order valence-electron chi connectivity index (χ0n) is 11.7. The zero-order chi connectivity index (χ0) is 14.4. The fourth-order valence-corrected chi connectivity index (χ4v) is 1.83. The summed E-state index contributed by atoms with van der Waals surface area (Å²) in [5.41, 5.74) is 2.26. The molecule has 1 unspecified atom stereocenters. The van der Waals surface area contributed by atoms with Gasteiger partial charge in [-0.05, 0) is 25.5 Å². The van der Waals surface area contributed by atoms with E-state index >= 15 is 0 Å². The van der Waals surface area contributed by atoms with Gasteiger partial charge in [-0.2, -0.15) is 4.98 Å². The lowest BCUT2D eigenvalue weighted by Gasteiger charge is -2.14. The fourth-order valence-electron chi connectivity index (χ4n) is 1.83. The predicted octanol–water partition coefficient (Wildman–Crippen LogP) is 1.22. The van der Waals surface area contributed by atoms with Crippen LogP contribution in [0, 0.1) is 13.8 Å². The van der Waals surface area contributed by atoms with Gasteiger partial charge >= 0.3 is 0 Å². The molecule has 6 heteroatoms. The van der Waals surface area contributed by atoms with Gasteiger partial charge in [-0.15, -0.1) is 0 Å². The SMILES string of the molecule is Cc1ccc(OCC(O)CNCc2ncon2)c(C)c1. The number of nitrogens with one attached hydrogen (secondary N) is 1. The minimum Gasteiger partial charge on any atom is -0.491 e. The Hall–Kier alpha value is -1.92. The number of ether oxygens (including phenoxy) is 1. The maximum atomic E-state index is 9.83. The summed E-state index contributed by atoms with van der Waals surface area (Å²) in [6.45, 7) is 5.12. The van der Waals surface area contributed by atoms with E-state index in [4.69, 9.17) is 4.74 Å². The summed E-state index contributed by atoms with van der Waals surface area (Å²) in [4.78, 5) is 3.87. The second kappa shape index (κ2) is 7.02. The summed E-state index contributed by atoms with van der Waals surface area (Å²) in [6, 6.07) is 5.96. The Balaban J connectivity index is 1.70. The van der Waals surface area contributed by atoms with Crippen LogP contribution in [0.25, 0.3) is 0 Å². The van der Waals surface area contributed by atoms with Gasteiger partial charge < -0.3 is 19.7 Å². The maximum Gasteiger partial charge on any atom is 0.213 e. The Bertz CT molecular complexity index is 528. The van der Waals surface area contributed by atoms with E-state index in [0.29, 0.717) is 18.9 Å². The van der Waals surface area contributed by atoms with E-state index in [1.54, 1.807) is 0 Å². The normalized spacial score (nSPS) is 12.3. The third-order valence-corrected chi connectivity index (χ3v) is 2.83. The monoisotopic (exact) mass is 277 g/mol. The van der Waals surface area contributed by atoms with Crippen molar-refractivity contribution in [1.82, 2.24) is 15.5 Å². The van der Waals surface area contributed by atoms with Crippen molar-refractivity contribution in [3.8, 4) is 5.75 Å². The maximum absolute atomic E-state index is 9.83. The summed E-state index contributed by atoms with van der Waals surface area (Å²) in [7, 11) is 0. The van der Waals surface area contributed by atoms with Crippen molar-refractivity contribution < 1.29 is 14.4 Å². The molecule has 0 amide bonds. The topological polar surface area (TPSA) is 80.4 Å². The first-order valence-corrected chi connectivity index (χ1v) is 6.49. The second-order valence-corrected chi connectivity index (χ2v) is 4.71. The Kier molecular flexibility index (Phi) is 5.09. The van der Waals surface area contributed by atoms with E-state index in [-0.39, 0.29) is 6.61 Å². The number of aliphatic hydroxyl groups excluding tert-OH is 1. The van der Waals surface area contributed by atoms with Gasteiger partial charge in [0.25, 0.3) is 0 Å². The van der Waals surface area contributed by atoms with Gasteiger partial charge in [-0.1, -0.05) is 22.9 Å².